The number of nitrogens with zero attached hydrogens (tertiary/aromatic N) is 2. The second-order valence-corrected chi connectivity index (χ2v) is 15.3. The third kappa shape index (κ3) is 9.71. The summed E-state index contributed by atoms with van der Waals surface area (Å²) in [5.41, 5.74) is 0.816. The van der Waals surface area contributed by atoms with E-state index in [1.165, 1.54) is 30.6 Å². The molecule has 1 aliphatic carbocycles. The summed E-state index contributed by atoms with van der Waals surface area (Å²) in [5.74, 6) is 0.227. The van der Waals surface area contributed by atoms with E-state index in [1.54, 1.807) is 42.2 Å². The number of nitrogens with one attached hydrogen (secondary N) is 1. The van der Waals surface area contributed by atoms with Crippen LogP contribution in [0, 0.1) is 11.8 Å². The molecule has 12 heteroatoms. The Morgan fingerprint density at radius 1 is 1.06 bits per heavy atom. The molecule has 0 unspecified atom stereocenters. The van der Waals surface area contributed by atoms with Crippen LogP contribution in [0.3, 0.4) is 0 Å². The minimum atomic E-state index is -3.84. The van der Waals surface area contributed by atoms with Gasteiger partial charge in [0.25, 0.3) is 5.91 Å². The number of fused-ring (bicyclic) bond motifs is 1. The Morgan fingerprint density at radius 3 is 2.42 bits per heavy atom. The normalized spacial score (nSPS) is 22.7. The maximum absolute atomic E-state index is 14.4. The van der Waals surface area contributed by atoms with Crippen molar-refractivity contribution in [2.45, 2.75) is 95.3 Å². The smallest absolute Gasteiger partial charge is 0.258 e. The Kier molecular flexibility index (Phi) is 13.7. The van der Waals surface area contributed by atoms with E-state index in [2.05, 4.69) is 5.32 Å². The second kappa shape index (κ2) is 17.5. The lowest BCUT2D eigenvalue weighted by Crippen LogP contribution is -2.48. The number of carbonyl (C=O) groups is 2. The predicted octanol–water partition coefficient (Wildman–Crippen LogP) is 5.33. The van der Waals surface area contributed by atoms with Crippen LogP contribution < -0.4 is 14.8 Å². The number of hydrogen-bond acceptors (Lipinski definition) is 8. The molecule has 1 aliphatic heterocycles. The average molecular weight is 688 g/mol. The molecule has 4 rings (SSSR count). The van der Waals surface area contributed by atoms with Gasteiger partial charge in [-0.15, -0.1) is 0 Å². The summed E-state index contributed by atoms with van der Waals surface area (Å²) in [6.45, 7) is 6.05. The first-order valence-corrected chi connectivity index (χ1v) is 18.6. The number of methoxy groups -OCH3 is 1. The summed E-state index contributed by atoms with van der Waals surface area (Å²) in [6.07, 6.45) is 6.48. The topological polar surface area (TPSA) is 135 Å². The largest absolute Gasteiger partial charge is 0.497 e. The van der Waals surface area contributed by atoms with Crippen LogP contribution in [0.4, 0.5) is 5.69 Å². The maximum atomic E-state index is 14.4. The third-order valence-electron chi connectivity index (χ3n) is 9.50. The van der Waals surface area contributed by atoms with Crippen molar-refractivity contribution in [3.63, 3.8) is 0 Å². The molecule has 0 bridgehead atoms. The zero-order chi connectivity index (χ0) is 34.8. The minimum Gasteiger partial charge on any atom is -0.497 e. The number of sulfonamides is 1. The number of carbonyl (C=O) groups excluding carboxylic acids is 2. The van der Waals surface area contributed by atoms with E-state index in [0.717, 1.165) is 51.4 Å². The number of benzene rings is 2. The van der Waals surface area contributed by atoms with Gasteiger partial charge in [-0.3, -0.25) is 9.59 Å². The Balaban J connectivity index is 1.62. The molecule has 2 aliphatic rings. The molecule has 1 heterocycles. The molecule has 11 nitrogen and oxygen atoms in total. The van der Waals surface area contributed by atoms with Gasteiger partial charge in [-0.2, -0.15) is 4.31 Å². The Bertz CT molecular complexity index is 1460. The molecule has 4 atom stereocenters. The highest BCUT2D eigenvalue weighted by atomic mass is 32.2. The van der Waals surface area contributed by atoms with Gasteiger partial charge in [0, 0.05) is 44.3 Å². The van der Waals surface area contributed by atoms with Crippen molar-refractivity contribution in [2.75, 3.05) is 45.8 Å². The maximum Gasteiger partial charge on any atom is 0.258 e. The molecule has 2 aromatic carbocycles. The van der Waals surface area contributed by atoms with Gasteiger partial charge < -0.3 is 29.5 Å². The summed E-state index contributed by atoms with van der Waals surface area (Å²) < 4.78 is 46.1. The van der Waals surface area contributed by atoms with Crippen LogP contribution in [0.5, 0.6) is 11.5 Å². The van der Waals surface area contributed by atoms with Gasteiger partial charge in [0.05, 0.1) is 42.4 Å². The van der Waals surface area contributed by atoms with Crippen LogP contribution in [0.1, 0.15) is 82.5 Å². The van der Waals surface area contributed by atoms with Crippen LogP contribution >= 0.6 is 0 Å². The fourth-order valence-corrected chi connectivity index (χ4v) is 7.53. The van der Waals surface area contributed by atoms with Crippen LogP contribution in [-0.4, -0.2) is 93.3 Å². The van der Waals surface area contributed by atoms with Crippen LogP contribution in [0.25, 0.3) is 0 Å². The number of likely N-dealkylation sites (N-methyl/N-ethyl adjacent to an activating group) is 1. The first kappa shape index (κ1) is 37.6. The molecule has 2 aromatic rings. The van der Waals surface area contributed by atoms with Crippen molar-refractivity contribution in [1.82, 2.24) is 9.21 Å². The lowest BCUT2D eigenvalue weighted by molar-refractivity contribution is -0.120. The van der Waals surface area contributed by atoms with E-state index in [9.17, 15) is 23.1 Å². The van der Waals surface area contributed by atoms with Crippen molar-refractivity contribution in [2.24, 2.45) is 11.8 Å². The van der Waals surface area contributed by atoms with Gasteiger partial charge in [-0.1, -0.05) is 26.2 Å². The van der Waals surface area contributed by atoms with Gasteiger partial charge in [0.2, 0.25) is 15.9 Å². The Labute approximate surface area is 286 Å². The lowest BCUT2D eigenvalue weighted by Gasteiger charge is -2.35. The zero-order valence-electron chi connectivity index (χ0n) is 29.0. The SMILES string of the molecule is COc1ccc(S(=O)(=O)N(C)C[C@@H]2OCCCC[C@@H](C)Oc3ccc(NC(=O)C4CCCCC4)cc3C(=O)N([C@H](C)CO)C[C@H]2C)cc1. The van der Waals surface area contributed by atoms with Crippen molar-refractivity contribution >= 4 is 27.5 Å². The second-order valence-electron chi connectivity index (χ2n) is 13.3. The number of amides is 2. The molecular weight excluding hydrogens is 634 g/mol. The summed E-state index contributed by atoms with van der Waals surface area (Å²) in [5, 5.41) is 13.3. The third-order valence-corrected chi connectivity index (χ3v) is 11.3. The molecule has 2 amide bonds. The Morgan fingerprint density at radius 2 is 1.75 bits per heavy atom. The molecule has 1 saturated carbocycles. The molecule has 266 valence electrons. The number of rotatable bonds is 9. The zero-order valence-corrected chi connectivity index (χ0v) is 29.8. The van der Waals surface area contributed by atoms with Gasteiger partial charge in [-0.05, 0) is 88.4 Å². The van der Waals surface area contributed by atoms with Gasteiger partial charge in [0.1, 0.15) is 11.5 Å². The minimum absolute atomic E-state index is 0.0415. The monoisotopic (exact) mass is 687 g/mol. The lowest BCUT2D eigenvalue weighted by atomic mass is 9.88. The number of aliphatic hydroxyl groups excluding tert-OH is 1. The summed E-state index contributed by atoms with van der Waals surface area (Å²) in [6, 6.07) is 10.9. The molecule has 1 fully saturated rings. The first-order valence-electron chi connectivity index (χ1n) is 17.2. The highest BCUT2D eigenvalue weighted by Crippen LogP contribution is 2.30. The van der Waals surface area contributed by atoms with Crippen molar-refractivity contribution in [1.29, 1.82) is 0 Å². The number of aliphatic hydroxyl groups is 1. The van der Waals surface area contributed by atoms with Gasteiger partial charge >= 0.3 is 0 Å². The van der Waals surface area contributed by atoms with E-state index in [1.807, 2.05) is 13.8 Å². The van der Waals surface area contributed by atoms with E-state index < -0.39 is 22.2 Å². The van der Waals surface area contributed by atoms with Crippen LogP contribution in [-0.2, 0) is 19.6 Å². The fourth-order valence-electron chi connectivity index (χ4n) is 6.35. The number of ether oxygens (including phenoxy) is 3. The van der Waals surface area contributed by atoms with Crippen LogP contribution in [0.2, 0.25) is 0 Å². The Hall–Kier alpha value is -3.19. The van der Waals surface area contributed by atoms with E-state index >= 15 is 0 Å². The highest BCUT2D eigenvalue weighted by Gasteiger charge is 2.33. The van der Waals surface area contributed by atoms with Gasteiger partial charge in [0.15, 0.2) is 0 Å². The molecule has 0 aromatic heterocycles. The van der Waals surface area contributed by atoms with E-state index in [4.69, 9.17) is 14.2 Å². The van der Waals surface area contributed by atoms with E-state index in [0.29, 0.717) is 29.4 Å². The molecule has 0 spiro atoms. The molecule has 0 radical (unpaired) electrons. The first-order chi connectivity index (χ1) is 22.9. The predicted molar refractivity (Wildman–Crippen MR) is 185 cm³/mol. The summed E-state index contributed by atoms with van der Waals surface area (Å²) >= 11 is 0. The van der Waals surface area contributed by atoms with Crippen LogP contribution in [0.15, 0.2) is 47.4 Å². The van der Waals surface area contributed by atoms with E-state index in [-0.39, 0.29) is 54.3 Å². The standard InChI is InChI=1S/C36H53N3O8S/c1-25-22-39(26(2)24-40)36(42)32-21-29(37-35(41)28-12-7-6-8-13-28)14-19-33(32)47-27(3)11-9-10-20-46-34(25)23-38(4)48(43,44)31-17-15-30(45-5)16-18-31/h14-19,21,25-28,34,40H,6-13,20,22-24H2,1-5H3,(H,37,41)/t25-,26-,27-,34+/m1/s1. The number of anilines is 1. The van der Waals surface area contributed by atoms with Crippen molar-refractivity contribution < 1.29 is 37.3 Å². The number of hydrogen-bond donors (Lipinski definition) is 2. The fraction of sp³-hybridized carbons (Fsp3) is 0.611. The molecule has 2 N–H and O–H groups in total. The quantitative estimate of drug-likeness (QED) is 0.362. The molecular formula is C36H53N3O8S. The average Bonchev–Trinajstić information content (AvgIpc) is 3.09. The summed E-state index contributed by atoms with van der Waals surface area (Å²) in [4.78, 5) is 29.2. The summed E-state index contributed by atoms with van der Waals surface area (Å²) in [7, 11) is -0.788. The molecule has 48 heavy (non-hydrogen) atoms. The van der Waals surface area contributed by atoms with Crippen molar-refractivity contribution in [3.05, 3.63) is 48.0 Å². The van der Waals surface area contributed by atoms with Crippen molar-refractivity contribution in [3.8, 4) is 11.5 Å². The molecule has 0 saturated heterocycles. The van der Waals surface area contributed by atoms with Gasteiger partial charge in [-0.25, -0.2) is 8.42 Å². The highest BCUT2D eigenvalue weighted by molar-refractivity contribution is 7.89.